The molecule has 2 rings (SSSR count). The molecule has 3 nitrogen and oxygen atoms in total. The zero-order chi connectivity index (χ0) is 14.4. The van der Waals surface area contributed by atoms with Crippen molar-refractivity contribution in [3.63, 3.8) is 0 Å². The molecule has 0 amide bonds. The predicted molar refractivity (Wildman–Crippen MR) is 85.5 cm³/mol. The van der Waals surface area contributed by atoms with E-state index in [1.165, 1.54) is 11.3 Å². The summed E-state index contributed by atoms with van der Waals surface area (Å²) < 4.78 is 0. The van der Waals surface area contributed by atoms with Crippen molar-refractivity contribution >= 4 is 11.5 Å². The molecule has 0 saturated carbocycles. The van der Waals surface area contributed by atoms with Gasteiger partial charge in [-0.25, -0.2) is 4.98 Å². The normalized spacial score (nSPS) is 10.6. The van der Waals surface area contributed by atoms with Crippen LogP contribution in [0.15, 0.2) is 42.5 Å². The van der Waals surface area contributed by atoms with Crippen LogP contribution in [0.1, 0.15) is 25.1 Å². The highest BCUT2D eigenvalue weighted by atomic mass is 15.2. The molecule has 0 radical (unpaired) electrons. The Bertz CT molecular complexity index is 534. The second-order valence-electron chi connectivity index (χ2n) is 4.85. The largest absolute Gasteiger partial charge is 0.327 e. The molecular weight excluding hydrogens is 246 g/mol. The summed E-state index contributed by atoms with van der Waals surface area (Å²) in [4.78, 5) is 6.97. The highest BCUT2D eigenvalue weighted by Crippen LogP contribution is 2.23. The molecule has 1 aromatic heterocycles. The van der Waals surface area contributed by atoms with Crippen LogP contribution < -0.4 is 10.2 Å². The Morgan fingerprint density at radius 3 is 2.45 bits per heavy atom. The number of hydrogen-bond donors (Lipinski definition) is 1. The minimum absolute atomic E-state index is 0.815. The second kappa shape index (κ2) is 7.06. The highest BCUT2D eigenvalue weighted by molar-refractivity contribution is 5.60. The Kier molecular flexibility index (Phi) is 5.13. The third-order valence-electron chi connectivity index (χ3n) is 3.29. The van der Waals surface area contributed by atoms with Crippen LogP contribution in [-0.2, 0) is 6.54 Å². The van der Waals surface area contributed by atoms with Crippen LogP contribution in [0.2, 0.25) is 0 Å². The van der Waals surface area contributed by atoms with Crippen molar-refractivity contribution in [3.05, 3.63) is 53.7 Å². The van der Waals surface area contributed by atoms with Crippen LogP contribution in [-0.4, -0.2) is 18.1 Å². The Labute approximate surface area is 121 Å². The molecule has 20 heavy (non-hydrogen) atoms. The molecule has 1 N–H and O–H groups in total. The van der Waals surface area contributed by atoms with E-state index in [9.17, 15) is 0 Å². The average molecular weight is 269 g/mol. The van der Waals surface area contributed by atoms with Gasteiger partial charge in [0, 0.05) is 18.8 Å². The maximum atomic E-state index is 4.74. The SMILES string of the molecule is CCNCc1cccc(N(CC)c2ccc(C)cc2)n1. The molecule has 0 aliphatic carbocycles. The smallest absolute Gasteiger partial charge is 0.133 e. The predicted octanol–water partition coefficient (Wildman–Crippen LogP) is 3.66. The highest BCUT2D eigenvalue weighted by Gasteiger charge is 2.08. The number of hydrogen-bond acceptors (Lipinski definition) is 3. The molecule has 0 aliphatic rings. The number of pyridine rings is 1. The number of nitrogens with zero attached hydrogens (tertiary/aromatic N) is 2. The summed E-state index contributed by atoms with van der Waals surface area (Å²) in [6.45, 7) is 9.04. The molecule has 0 spiro atoms. The van der Waals surface area contributed by atoms with Gasteiger partial charge in [0.15, 0.2) is 0 Å². The molecule has 0 bridgehead atoms. The van der Waals surface area contributed by atoms with Gasteiger partial charge in [0.1, 0.15) is 5.82 Å². The molecule has 1 aromatic carbocycles. The Hall–Kier alpha value is -1.87. The van der Waals surface area contributed by atoms with Gasteiger partial charge in [-0.05, 0) is 44.7 Å². The summed E-state index contributed by atoms with van der Waals surface area (Å²) in [5.41, 5.74) is 3.54. The van der Waals surface area contributed by atoms with E-state index in [1.807, 2.05) is 0 Å². The van der Waals surface area contributed by atoms with Crippen LogP contribution in [0.25, 0.3) is 0 Å². The van der Waals surface area contributed by atoms with E-state index in [0.717, 1.165) is 31.1 Å². The third kappa shape index (κ3) is 3.58. The third-order valence-corrected chi connectivity index (χ3v) is 3.29. The number of rotatable bonds is 6. The lowest BCUT2D eigenvalue weighted by molar-refractivity contribution is 0.710. The maximum absolute atomic E-state index is 4.74. The second-order valence-corrected chi connectivity index (χ2v) is 4.85. The van der Waals surface area contributed by atoms with Crippen LogP contribution in [0.5, 0.6) is 0 Å². The molecular formula is C17H23N3. The minimum atomic E-state index is 0.815. The van der Waals surface area contributed by atoms with Crippen molar-refractivity contribution in [2.45, 2.75) is 27.3 Å². The first-order valence-electron chi connectivity index (χ1n) is 7.25. The number of aromatic nitrogens is 1. The van der Waals surface area contributed by atoms with E-state index < -0.39 is 0 Å². The molecule has 1 heterocycles. The van der Waals surface area contributed by atoms with Gasteiger partial charge in [-0.3, -0.25) is 0 Å². The van der Waals surface area contributed by atoms with Crippen LogP contribution in [0.3, 0.4) is 0 Å². The first-order valence-corrected chi connectivity index (χ1v) is 7.25. The van der Waals surface area contributed by atoms with Crippen molar-refractivity contribution in [1.29, 1.82) is 0 Å². The zero-order valence-electron chi connectivity index (χ0n) is 12.6. The van der Waals surface area contributed by atoms with Crippen molar-refractivity contribution < 1.29 is 0 Å². The van der Waals surface area contributed by atoms with Gasteiger partial charge in [-0.15, -0.1) is 0 Å². The van der Waals surface area contributed by atoms with Gasteiger partial charge < -0.3 is 10.2 Å². The first kappa shape index (κ1) is 14.5. The molecule has 0 atom stereocenters. The average Bonchev–Trinajstić information content (AvgIpc) is 2.48. The molecule has 0 aliphatic heterocycles. The Morgan fingerprint density at radius 1 is 1.05 bits per heavy atom. The number of aryl methyl sites for hydroxylation is 1. The van der Waals surface area contributed by atoms with Crippen LogP contribution in [0.4, 0.5) is 11.5 Å². The van der Waals surface area contributed by atoms with Crippen molar-refractivity contribution in [2.75, 3.05) is 18.0 Å². The van der Waals surface area contributed by atoms with Gasteiger partial charge in [0.05, 0.1) is 5.69 Å². The monoisotopic (exact) mass is 269 g/mol. The maximum Gasteiger partial charge on any atom is 0.133 e. The van der Waals surface area contributed by atoms with Crippen molar-refractivity contribution in [3.8, 4) is 0 Å². The van der Waals surface area contributed by atoms with Crippen LogP contribution >= 0.6 is 0 Å². The summed E-state index contributed by atoms with van der Waals surface area (Å²) in [6, 6.07) is 14.8. The van der Waals surface area contributed by atoms with E-state index in [4.69, 9.17) is 4.98 Å². The van der Waals surface area contributed by atoms with Gasteiger partial charge in [-0.2, -0.15) is 0 Å². The number of anilines is 2. The van der Waals surface area contributed by atoms with E-state index in [-0.39, 0.29) is 0 Å². The fourth-order valence-corrected chi connectivity index (χ4v) is 2.17. The van der Waals surface area contributed by atoms with Gasteiger partial charge in [-0.1, -0.05) is 30.7 Å². The minimum Gasteiger partial charge on any atom is -0.327 e. The fraction of sp³-hybridized carbons (Fsp3) is 0.353. The molecule has 2 aromatic rings. The fourth-order valence-electron chi connectivity index (χ4n) is 2.17. The zero-order valence-corrected chi connectivity index (χ0v) is 12.6. The van der Waals surface area contributed by atoms with Crippen LogP contribution in [0, 0.1) is 6.92 Å². The first-order chi connectivity index (χ1) is 9.74. The lowest BCUT2D eigenvalue weighted by atomic mass is 10.2. The molecule has 0 fully saturated rings. The van der Waals surface area contributed by atoms with Crippen molar-refractivity contribution in [1.82, 2.24) is 10.3 Å². The van der Waals surface area contributed by atoms with E-state index >= 15 is 0 Å². The molecule has 106 valence electrons. The number of benzene rings is 1. The molecule has 3 heteroatoms. The Morgan fingerprint density at radius 2 is 1.80 bits per heavy atom. The summed E-state index contributed by atoms with van der Waals surface area (Å²) >= 11 is 0. The molecule has 0 unspecified atom stereocenters. The molecule has 0 saturated heterocycles. The number of nitrogens with one attached hydrogen (secondary N) is 1. The summed E-state index contributed by atoms with van der Waals surface area (Å²) in [5.74, 6) is 1.01. The standard InChI is InChI=1S/C17H23N3/c1-4-18-13-15-7-6-8-17(19-15)20(5-2)16-11-9-14(3)10-12-16/h6-12,18H,4-5,13H2,1-3H3. The van der Waals surface area contributed by atoms with E-state index in [1.54, 1.807) is 0 Å². The summed E-state index contributed by atoms with van der Waals surface area (Å²) in [6.07, 6.45) is 0. The van der Waals surface area contributed by atoms with Gasteiger partial charge >= 0.3 is 0 Å². The Balaban J connectivity index is 2.24. The van der Waals surface area contributed by atoms with Crippen molar-refractivity contribution in [2.24, 2.45) is 0 Å². The lowest BCUT2D eigenvalue weighted by Gasteiger charge is -2.22. The topological polar surface area (TPSA) is 28.2 Å². The van der Waals surface area contributed by atoms with E-state index in [0.29, 0.717) is 0 Å². The summed E-state index contributed by atoms with van der Waals surface area (Å²) in [7, 11) is 0. The lowest BCUT2D eigenvalue weighted by Crippen LogP contribution is -2.19. The van der Waals surface area contributed by atoms with E-state index in [2.05, 4.69) is 73.5 Å². The van der Waals surface area contributed by atoms with Gasteiger partial charge in [0.25, 0.3) is 0 Å². The quantitative estimate of drug-likeness (QED) is 0.867. The summed E-state index contributed by atoms with van der Waals surface area (Å²) in [5, 5.41) is 3.31. The van der Waals surface area contributed by atoms with Gasteiger partial charge in [0.2, 0.25) is 0 Å².